The third kappa shape index (κ3) is 5.17. The van der Waals surface area contributed by atoms with Crippen LogP contribution in [0.5, 0.6) is 5.75 Å². The summed E-state index contributed by atoms with van der Waals surface area (Å²) in [6.45, 7) is 6.20. The van der Waals surface area contributed by atoms with E-state index in [1.54, 1.807) is 0 Å². The van der Waals surface area contributed by atoms with Gasteiger partial charge in [-0.05, 0) is 57.0 Å². The fraction of sp³-hybridized carbons (Fsp3) is 0.533. The van der Waals surface area contributed by atoms with Crippen LogP contribution in [0.4, 0.5) is 4.39 Å². The van der Waals surface area contributed by atoms with Gasteiger partial charge in [-0.1, -0.05) is 6.92 Å². The minimum Gasteiger partial charge on any atom is -0.483 e. The van der Waals surface area contributed by atoms with Crippen LogP contribution in [0.3, 0.4) is 0 Å². The van der Waals surface area contributed by atoms with E-state index in [0.29, 0.717) is 24.3 Å². The van der Waals surface area contributed by atoms with Gasteiger partial charge in [-0.3, -0.25) is 4.79 Å². The second-order valence-electron chi connectivity index (χ2n) is 5.37. The molecule has 0 spiro atoms. The molecule has 0 aromatic heterocycles. The number of halogens is 1. The molecule has 3 N–H and O–H groups in total. The lowest BCUT2D eigenvalue weighted by Crippen LogP contribution is -2.44. The minimum atomic E-state index is -0.336. The largest absolute Gasteiger partial charge is 0.483 e. The molecule has 0 fully saturated rings. The quantitative estimate of drug-likeness (QED) is 0.804. The standard InChI is InChI=1S/C15H23FN2O2/c1-4-15(2,3)18-14(19)10-20-13-6-5-12(16)9-11(13)7-8-17/h5-6,9H,4,7-8,10,17H2,1-3H3,(H,18,19). The van der Waals surface area contributed by atoms with Crippen molar-refractivity contribution in [2.75, 3.05) is 13.2 Å². The number of carbonyl (C=O) groups excluding carboxylic acids is 1. The molecule has 5 heteroatoms. The first kappa shape index (κ1) is 16.4. The molecular weight excluding hydrogens is 259 g/mol. The summed E-state index contributed by atoms with van der Waals surface area (Å²) in [7, 11) is 0. The summed E-state index contributed by atoms with van der Waals surface area (Å²) in [5.74, 6) is -0.0291. The minimum absolute atomic E-state index is 0.0906. The summed E-state index contributed by atoms with van der Waals surface area (Å²) >= 11 is 0. The Morgan fingerprint density at radius 1 is 1.45 bits per heavy atom. The van der Waals surface area contributed by atoms with Gasteiger partial charge in [0.1, 0.15) is 11.6 Å². The molecule has 1 aromatic carbocycles. The zero-order chi connectivity index (χ0) is 15.2. The summed E-state index contributed by atoms with van der Waals surface area (Å²) in [4.78, 5) is 11.8. The number of nitrogens with two attached hydrogens (primary N) is 1. The maximum Gasteiger partial charge on any atom is 0.258 e. The molecule has 0 unspecified atom stereocenters. The lowest BCUT2D eigenvalue weighted by atomic mass is 10.0. The summed E-state index contributed by atoms with van der Waals surface area (Å²) in [5.41, 5.74) is 5.89. The van der Waals surface area contributed by atoms with E-state index >= 15 is 0 Å². The van der Waals surface area contributed by atoms with Gasteiger partial charge in [0.25, 0.3) is 5.91 Å². The van der Waals surface area contributed by atoms with Crippen molar-refractivity contribution in [2.45, 2.75) is 39.2 Å². The number of ether oxygens (including phenoxy) is 1. The SMILES string of the molecule is CCC(C)(C)NC(=O)COc1ccc(F)cc1CCN. The van der Waals surface area contributed by atoms with Crippen molar-refractivity contribution in [3.05, 3.63) is 29.6 Å². The van der Waals surface area contributed by atoms with Crippen LogP contribution in [0.15, 0.2) is 18.2 Å². The Morgan fingerprint density at radius 3 is 2.75 bits per heavy atom. The van der Waals surface area contributed by atoms with E-state index in [-0.39, 0.29) is 23.9 Å². The average Bonchev–Trinajstić information content (AvgIpc) is 2.38. The highest BCUT2D eigenvalue weighted by Gasteiger charge is 2.18. The maximum atomic E-state index is 13.2. The molecule has 1 amide bonds. The zero-order valence-electron chi connectivity index (χ0n) is 12.3. The van der Waals surface area contributed by atoms with Crippen molar-refractivity contribution in [1.29, 1.82) is 0 Å². The molecule has 0 atom stereocenters. The highest BCUT2D eigenvalue weighted by Crippen LogP contribution is 2.20. The predicted octanol–water partition coefficient (Wildman–Crippen LogP) is 2.01. The molecule has 0 bridgehead atoms. The third-order valence-corrected chi connectivity index (χ3v) is 3.16. The van der Waals surface area contributed by atoms with E-state index < -0.39 is 0 Å². The van der Waals surface area contributed by atoms with Gasteiger partial charge < -0.3 is 15.8 Å². The van der Waals surface area contributed by atoms with Crippen molar-refractivity contribution in [3.63, 3.8) is 0 Å². The number of rotatable bonds is 7. The highest BCUT2D eigenvalue weighted by atomic mass is 19.1. The molecule has 20 heavy (non-hydrogen) atoms. The molecule has 0 radical (unpaired) electrons. The molecule has 0 aliphatic carbocycles. The molecule has 0 aliphatic rings. The van der Waals surface area contributed by atoms with Gasteiger partial charge in [-0.15, -0.1) is 0 Å². The van der Waals surface area contributed by atoms with Crippen LogP contribution in [-0.2, 0) is 11.2 Å². The molecule has 0 saturated carbocycles. The van der Waals surface area contributed by atoms with E-state index in [2.05, 4.69) is 5.32 Å². The van der Waals surface area contributed by atoms with Crippen molar-refractivity contribution in [1.82, 2.24) is 5.32 Å². The van der Waals surface area contributed by atoms with E-state index in [9.17, 15) is 9.18 Å². The van der Waals surface area contributed by atoms with Gasteiger partial charge in [0.15, 0.2) is 6.61 Å². The van der Waals surface area contributed by atoms with Crippen molar-refractivity contribution in [2.24, 2.45) is 5.73 Å². The second kappa shape index (κ2) is 7.24. The van der Waals surface area contributed by atoms with Crippen LogP contribution < -0.4 is 15.8 Å². The molecule has 112 valence electrons. The number of nitrogens with one attached hydrogen (secondary N) is 1. The first-order valence-electron chi connectivity index (χ1n) is 6.80. The Labute approximate surface area is 119 Å². The Kier molecular flexibility index (Phi) is 5.95. The van der Waals surface area contributed by atoms with Gasteiger partial charge in [0.05, 0.1) is 0 Å². The van der Waals surface area contributed by atoms with E-state index in [1.807, 2.05) is 20.8 Å². The average molecular weight is 282 g/mol. The van der Waals surface area contributed by atoms with Gasteiger partial charge in [-0.25, -0.2) is 4.39 Å². The Morgan fingerprint density at radius 2 is 2.15 bits per heavy atom. The number of hydrogen-bond acceptors (Lipinski definition) is 3. The fourth-order valence-corrected chi connectivity index (χ4v) is 1.68. The maximum absolute atomic E-state index is 13.2. The van der Waals surface area contributed by atoms with Gasteiger partial charge >= 0.3 is 0 Å². The second-order valence-corrected chi connectivity index (χ2v) is 5.37. The molecule has 1 aromatic rings. The van der Waals surface area contributed by atoms with Crippen molar-refractivity contribution in [3.8, 4) is 5.75 Å². The van der Waals surface area contributed by atoms with Crippen LogP contribution in [0.25, 0.3) is 0 Å². The predicted molar refractivity (Wildman–Crippen MR) is 77.2 cm³/mol. The number of hydrogen-bond donors (Lipinski definition) is 2. The monoisotopic (exact) mass is 282 g/mol. The van der Waals surface area contributed by atoms with Gasteiger partial charge in [-0.2, -0.15) is 0 Å². The highest BCUT2D eigenvalue weighted by molar-refractivity contribution is 5.78. The fourth-order valence-electron chi connectivity index (χ4n) is 1.68. The first-order valence-corrected chi connectivity index (χ1v) is 6.80. The Balaban J connectivity index is 2.63. The summed E-state index contributed by atoms with van der Waals surface area (Å²) in [6, 6.07) is 4.22. The molecule has 4 nitrogen and oxygen atoms in total. The molecule has 1 rings (SSSR count). The Hall–Kier alpha value is -1.62. The summed E-state index contributed by atoms with van der Waals surface area (Å²) in [5, 5.41) is 2.88. The Bertz CT molecular complexity index is 461. The number of carbonyl (C=O) groups is 1. The van der Waals surface area contributed by atoms with Crippen LogP contribution >= 0.6 is 0 Å². The van der Waals surface area contributed by atoms with Gasteiger partial charge in [0, 0.05) is 5.54 Å². The molecular formula is C15H23FN2O2. The van der Waals surface area contributed by atoms with Gasteiger partial charge in [0.2, 0.25) is 0 Å². The number of benzene rings is 1. The molecule has 0 saturated heterocycles. The van der Waals surface area contributed by atoms with Crippen molar-refractivity contribution < 1.29 is 13.9 Å². The third-order valence-electron chi connectivity index (χ3n) is 3.16. The van der Waals surface area contributed by atoms with E-state index in [0.717, 1.165) is 6.42 Å². The van der Waals surface area contributed by atoms with Crippen LogP contribution in [0, 0.1) is 5.82 Å². The van der Waals surface area contributed by atoms with Crippen LogP contribution in [0.2, 0.25) is 0 Å². The summed E-state index contributed by atoms with van der Waals surface area (Å²) in [6.07, 6.45) is 1.34. The van der Waals surface area contributed by atoms with E-state index in [1.165, 1.54) is 18.2 Å². The zero-order valence-corrected chi connectivity index (χ0v) is 12.3. The van der Waals surface area contributed by atoms with Crippen LogP contribution in [-0.4, -0.2) is 24.6 Å². The first-order chi connectivity index (χ1) is 9.38. The van der Waals surface area contributed by atoms with Crippen LogP contribution in [0.1, 0.15) is 32.8 Å². The molecule has 0 aliphatic heterocycles. The number of amides is 1. The lowest BCUT2D eigenvalue weighted by Gasteiger charge is -2.24. The topological polar surface area (TPSA) is 64.3 Å². The van der Waals surface area contributed by atoms with Crippen molar-refractivity contribution >= 4 is 5.91 Å². The lowest BCUT2D eigenvalue weighted by molar-refractivity contribution is -0.124. The smallest absolute Gasteiger partial charge is 0.258 e. The normalized spacial score (nSPS) is 11.2. The molecule has 0 heterocycles. The summed E-state index contributed by atoms with van der Waals surface area (Å²) < 4.78 is 18.6. The van der Waals surface area contributed by atoms with E-state index in [4.69, 9.17) is 10.5 Å².